The second kappa shape index (κ2) is 7.75. The first-order valence-electron chi connectivity index (χ1n) is 7.26. The van der Waals surface area contributed by atoms with Gasteiger partial charge in [-0.2, -0.15) is 0 Å². The van der Waals surface area contributed by atoms with Crippen LogP contribution in [0.1, 0.15) is 16.1 Å². The van der Waals surface area contributed by atoms with E-state index in [-0.39, 0.29) is 28.2 Å². The number of benzene rings is 1. The molecule has 1 aromatic carbocycles. The van der Waals surface area contributed by atoms with Gasteiger partial charge in [0.15, 0.2) is 27.1 Å². The summed E-state index contributed by atoms with van der Waals surface area (Å²) in [5, 5.41) is 2.67. The highest BCUT2D eigenvalue weighted by atomic mass is 79.9. The van der Waals surface area contributed by atoms with E-state index in [1.54, 1.807) is 18.2 Å². The van der Waals surface area contributed by atoms with Crippen molar-refractivity contribution in [2.45, 2.75) is 10.9 Å². The van der Waals surface area contributed by atoms with E-state index in [2.05, 4.69) is 31.2 Å². The number of carbonyl (C=O) groups is 1. The van der Waals surface area contributed by atoms with Gasteiger partial charge in [0, 0.05) is 5.75 Å². The zero-order chi connectivity index (χ0) is 18.7. The quantitative estimate of drug-likeness (QED) is 0.415. The van der Waals surface area contributed by atoms with Gasteiger partial charge in [0.25, 0.3) is 11.5 Å². The third kappa shape index (κ3) is 4.33. The Morgan fingerprint density at radius 3 is 2.65 bits per heavy atom. The molecule has 3 aromatic rings. The number of aromatic nitrogens is 2. The van der Waals surface area contributed by atoms with Crippen molar-refractivity contribution >= 4 is 45.1 Å². The molecule has 7 nitrogen and oxygen atoms in total. The third-order valence-electron chi connectivity index (χ3n) is 3.25. The number of thioether (sulfide) groups is 1. The monoisotopic (exact) mass is 438 g/mol. The van der Waals surface area contributed by atoms with Crippen molar-refractivity contribution in [1.82, 2.24) is 9.97 Å². The van der Waals surface area contributed by atoms with Crippen LogP contribution < -0.4 is 16.6 Å². The summed E-state index contributed by atoms with van der Waals surface area (Å²) in [4.78, 5) is 30.9. The normalized spacial score (nSPS) is 10.7. The highest BCUT2D eigenvalue weighted by Crippen LogP contribution is 2.22. The number of furan rings is 1. The summed E-state index contributed by atoms with van der Waals surface area (Å²) in [6.45, 7) is 0. The molecule has 0 aliphatic heterocycles. The maximum Gasteiger partial charge on any atom is 0.291 e. The minimum atomic E-state index is -0.624. The molecule has 0 aliphatic carbocycles. The molecule has 0 aliphatic rings. The zero-order valence-electron chi connectivity index (χ0n) is 13.1. The van der Waals surface area contributed by atoms with E-state index in [0.29, 0.717) is 10.4 Å². The smallest absolute Gasteiger partial charge is 0.291 e. The van der Waals surface area contributed by atoms with Crippen molar-refractivity contribution in [3.8, 4) is 0 Å². The van der Waals surface area contributed by atoms with E-state index < -0.39 is 11.5 Å². The fourth-order valence-corrected chi connectivity index (χ4v) is 3.13. The van der Waals surface area contributed by atoms with Crippen LogP contribution >= 0.6 is 27.7 Å². The van der Waals surface area contributed by atoms with E-state index in [0.717, 1.165) is 5.56 Å². The average molecular weight is 439 g/mol. The van der Waals surface area contributed by atoms with Crippen molar-refractivity contribution in [2.24, 2.45) is 0 Å². The van der Waals surface area contributed by atoms with E-state index in [1.807, 2.05) is 0 Å². The SMILES string of the molecule is Nc1nc(SCc2ccc(F)cc2)[nH]c(=O)c1NC(=O)c1ccc(Br)o1. The lowest BCUT2D eigenvalue weighted by atomic mass is 10.2. The predicted octanol–water partition coefficient (Wildman–Crippen LogP) is 3.39. The number of nitrogens with one attached hydrogen (secondary N) is 2. The number of rotatable bonds is 5. The molecular formula is C16H12BrFN4O3S. The molecule has 26 heavy (non-hydrogen) atoms. The van der Waals surface area contributed by atoms with Gasteiger partial charge in [0.1, 0.15) is 5.82 Å². The molecule has 4 N–H and O–H groups in total. The Morgan fingerprint density at radius 2 is 2.04 bits per heavy atom. The largest absolute Gasteiger partial charge is 0.444 e. The third-order valence-corrected chi connectivity index (χ3v) is 4.62. The van der Waals surface area contributed by atoms with Crippen LogP contribution in [0.5, 0.6) is 0 Å². The Labute approximate surface area is 159 Å². The van der Waals surface area contributed by atoms with Gasteiger partial charge >= 0.3 is 0 Å². The van der Waals surface area contributed by atoms with Gasteiger partial charge in [-0.1, -0.05) is 23.9 Å². The molecule has 0 bridgehead atoms. The zero-order valence-corrected chi connectivity index (χ0v) is 15.5. The summed E-state index contributed by atoms with van der Waals surface area (Å²) in [6.07, 6.45) is 0. The highest BCUT2D eigenvalue weighted by molar-refractivity contribution is 9.10. The van der Waals surface area contributed by atoms with Crippen LogP contribution in [-0.2, 0) is 5.75 Å². The Morgan fingerprint density at radius 1 is 1.31 bits per heavy atom. The molecule has 134 valence electrons. The van der Waals surface area contributed by atoms with Gasteiger partial charge < -0.3 is 15.5 Å². The lowest BCUT2D eigenvalue weighted by Gasteiger charge is -2.07. The van der Waals surface area contributed by atoms with Crippen molar-refractivity contribution in [3.05, 3.63) is 68.6 Å². The van der Waals surface area contributed by atoms with Crippen molar-refractivity contribution < 1.29 is 13.6 Å². The molecule has 0 spiro atoms. The molecule has 0 unspecified atom stereocenters. The number of nitrogen functional groups attached to an aromatic ring is 1. The number of hydrogen-bond acceptors (Lipinski definition) is 6. The van der Waals surface area contributed by atoms with Crippen LogP contribution in [0, 0.1) is 5.82 Å². The Kier molecular flexibility index (Phi) is 5.43. The highest BCUT2D eigenvalue weighted by Gasteiger charge is 2.16. The number of hydrogen-bond donors (Lipinski definition) is 3. The fourth-order valence-electron chi connectivity index (χ4n) is 2.00. The molecule has 0 atom stereocenters. The number of amides is 1. The standard InChI is InChI=1S/C16H12BrFN4O3S/c17-11-6-5-10(25-11)14(23)20-12-13(19)21-16(22-15(12)24)26-7-8-1-3-9(18)4-2-8/h1-6H,7H2,(H,20,23)(H3,19,21,22,24). The maximum absolute atomic E-state index is 12.9. The molecule has 10 heteroatoms. The van der Waals surface area contributed by atoms with Crippen LogP contribution in [-0.4, -0.2) is 15.9 Å². The molecule has 2 heterocycles. The summed E-state index contributed by atoms with van der Waals surface area (Å²) < 4.78 is 18.4. The van der Waals surface area contributed by atoms with E-state index in [4.69, 9.17) is 10.2 Å². The van der Waals surface area contributed by atoms with Crippen LogP contribution in [0.15, 0.2) is 55.4 Å². The van der Waals surface area contributed by atoms with Gasteiger partial charge in [-0.05, 0) is 45.8 Å². The number of carbonyl (C=O) groups excluding carboxylic acids is 1. The van der Waals surface area contributed by atoms with Crippen LogP contribution in [0.25, 0.3) is 0 Å². The molecule has 0 saturated heterocycles. The molecule has 0 radical (unpaired) electrons. The number of nitrogens with two attached hydrogens (primary N) is 1. The second-order valence-corrected chi connectivity index (χ2v) is 6.85. The summed E-state index contributed by atoms with van der Waals surface area (Å²) >= 11 is 4.32. The second-order valence-electron chi connectivity index (χ2n) is 5.10. The Hall–Kier alpha value is -2.59. The fraction of sp³-hybridized carbons (Fsp3) is 0.0625. The van der Waals surface area contributed by atoms with E-state index in [9.17, 15) is 14.0 Å². The van der Waals surface area contributed by atoms with Crippen molar-refractivity contribution in [2.75, 3.05) is 11.1 Å². The van der Waals surface area contributed by atoms with Gasteiger partial charge in [-0.25, -0.2) is 9.37 Å². The van der Waals surface area contributed by atoms with E-state index >= 15 is 0 Å². The Balaban J connectivity index is 1.72. The number of nitrogens with zero attached hydrogens (tertiary/aromatic N) is 1. The van der Waals surface area contributed by atoms with Crippen LogP contribution in [0.3, 0.4) is 0 Å². The lowest BCUT2D eigenvalue weighted by Crippen LogP contribution is -2.22. The minimum Gasteiger partial charge on any atom is -0.444 e. The van der Waals surface area contributed by atoms with E-state index in [1.165, 1.54) is 30.0 Å². The minimum absolute atomic E-state index is 0.0189. The maximum atomic E-state index is 12.9. The first-order valence-corrected chi connectivity index (χ1v) is 9.04. The molecule has 2 aromatic heterocycles. The van der Waals surface area contributed by atoms with Crippen LogP contribution in [0.4, 0.5) is 15.9 Å². The Bertz CT molecular complexity index is 1000. The first-order chi connectivity index (χ1) is 12.4. The number of halogens is 2. The summed E-state index contributed by atoms with van der Waals surface area (Å²) in [6, 6.07) is 8.98. The molecule has 3 rings (SSSR count). The van der Waals surface area contributed by atoms with Crippen LogP contribution in [0.2, 0.25) is 0 Å². The van der Waals surface area contributed by atoms with Crippen molar-refractivity contribution in [3.63, 3.8) is 0 Å². The summed E-state index contributed by atoms with van der Waals surface area (Å²) in [5.74, 6) is -0.575. The molecular weight excluding hydrogens is 427 g/mol. The number of H-pyrrole nitrogens is 1. The molecule has 0 fully saturated rings. The van der Waals surface area contributed by atoms with Gasteiger partial charge in [-0.3, -0.25) is 14.6 Å². The topological polar surface area (TPSA) is 114 Å². The molecule has 1 amide bonds. The number of aromatic amines is 1. The first kappa shape index (κ1) is 18.2. The summed E-state index contributed by atoms with van der Waals surface area (Å²) in [5.41, 5.74) is 5.91. The lowest BCUT2D eigenvalue weighted by molar-refractivity contribution is 0.0995. The van der Waals surface area contributed by atoms with Gasteiger partial charge in [-0.15, -0.1) is 0 Å². The predicted molar refractivity (Wildman–Crippen MR) is 99.6 cm³/mol. The molecule has 0 saturated carbocycles. The number of anilines is 2. The van der Waals surface area contributed by atoms with Gasteiger partial charge in [0.05, 0.1) is 0 Å². The average Bonchev–Trinajstić information content (AvgIpc) is 3.04. The van der Waals surface area contributed by atoms with Crippen molar-refractivity contribution in [1.29, 1.82) is 0 Å². The summed E-state index contributed by atoms with van der Waals surface area (Å²) in [7, 11) is 0. The van der Waals surface area contributed by atoms with Gasteiger partial charge in [0.2, 0.25) is 0 Å².